The molecule has 1 aromatic rings. The minimum atomic E-state index is 0.380. The number of imidazole rings is 1. The Bertz CT molecular complexity index is 336. The first-order chi connectivity index (χ1) is 9.19. The Morgan fingerprint density at radius 2 is 2.05 bits per heavy atom. The standard InChI is InChI=1S/C15H29N3S/c1-5-7-16-14(12-19-11-13(3)4)15-17-8-10-18(15)9-6-2/h8,10,13-14,16H,5-7,9,11-12H2,1-4H3. The number of aryl methyl sites for hydroxylation is 1. The highest BCUT2D eigenvalue weighted by atomic mass is 32.2. The van der Waals surface area contributed by atoms with Crippen molar-refractivity contribution in [2.24, 2.45) is 5.92 Å². The molecule has 0 aliphatic heterocycles. The van der Waals surface area contributed by atoms with E-state index in [0.29, 0.717) is 6.04 Å². The topological polar surface area (TPSA) is 29.9 Å². The average molecular weight is 283 g/mol. The number of hydrogen-bond acceptors (Lipinski definition) is 3. The van der Waals surface area contributed by atoms with Gasteiger partial charge >= 0.3 is 0 Å². The van der Waals surface area contributed by atoms with E-state index in [-0.39, 0.29) is 0 Å². The van der Waals surface area contributed by atoms with E-state index in [9.17, 15) is 0 Å². The Balaban J connectivity index is 2.63. The Labute approximate surface area is 122 Å². The number of rotatable bonds is 10. The molecule has 0 fully saturated rings. The molecule has 3 nitrogen and oxygen atoms in total. The van der Waals surface area contributed by atoms with Crippen LogP contribution >= 0.6 is 11.8 Å². The summed E-state index contributed by atoms with van der Waals surface area (Å²) in [5.74, 6) is 4.29. The van der Waals surface area contributed by atoms with Crippen molar-refractivity contribution in [2.75, 3.05) is 18.1 Å². The van der Waals surface area contributed by atoms with Gasteiger partial charge in [0.2, 0.25) is 0 Å². The third-order valence-corrected chi connectivity index (χ3v) is 4.37. The summed E-state index contributed by atoms with van der Waals surface area (Å²) in [4.78, 5) is 4.57. The van der Waals surface area contributed by atoms with Crippen LogP contribution in [0.3, 0.4) is 0 Å². The molecule has 1 aromatic heterocycles. The summed E-state index contributed by atoms with van der Waals surface area (Å²) in [7, 11) is 0. The number of nitrogens with zero attached hydrogens (tertiary/aromatic N) is 2. The van der Waals surface area contributed by atoms with E-state index in [1.807, 2.05) is 18.0 Å². The Morgan fingerprint density at radius 1 is 1.26 bits per heavy atom. The molecule has 0 radical (unpaired) electrons. The fraction of sp³-hybridized carbons (Fsp3) is 0.800. The van der Waals surface area contributed by atoms with Gasteiger partial charge in [0.15, 0.2) is 0 Å². The smallest absolute Gasteiger partial charge is 0.126 e. The summed E-state index contributed by atoms with van der Waals surface area (Å²) in [6.45, 7) is 11.1. The molecule has 1 rings (SSSR count). The van der Waals surface area contributed by atoms with Crippen molar-refractivity contribution in [3.8, 4) is 0 Å². The minimum Gasteiger partial charge on any atom is -0.334 e. The molecule has 0 spiro atoms. The van der Waals surface area contributed by atoms with Crippen molar-refractivity contribution < 1.29 is 0 Å². The molecular formula is C15H29N3S. The highest BCUT2D eigenvalue weighted by Gasteiger charge is 2.16. The molecule has 0 saturated heterocycles. The maximum atomic E-state index is 4.57. The van der Waals surface area contributed by atoms with Crippen LogP contribution in [-0.2, 0) is 6.54 Å². The molecular weight excluding hydrogens is 254 g/mol. The van der Waals surface area contributed by atoms with Gasteiger partial charge in [-0.25, -0.2) is 4.98 Å². The van der Waals surface area contributed by atoms with Crippen molar-refractivity contribution in [1.82, 2.24) is 14.9 Å². The van der Waals surface area contributed by atoms with Gasteiger partial charge in [0, 0.05) is 24.7 Å². The van der Waals surface area contributed by atoms with Crippen LogP contribution in [0.4, 0.5) is 0 Å². The van der Waals surface area contributed by atoms with Gasteiger partial charge in [0.1, 0.15) is 5.82 Å². The van der Waals surface area contributed by atoms with Crippen LogP contribution in [0, 0.1) is 5.92 Å². The summed E-state index contributed by atoms with van der Waals surface area (Å²) < 4.78 is 2.29. The van der Waals surface area contributed by atoms with Crippen LogP contribution in [0.25, 0.3) is 0 Å². The van der Waals surface area contributed by atoms with Crippen molar-refractivity contribution in [2.45, 2.75) is 53.1 Å². The lowest BCUT2D eigenvalue weighted by Crippen LogP contribution is -2.27. The van der Waals surface area contributed by atoms with E-state index in [1.54, 1.807) is 0 Å². The van der Waals surface area contributed by atoms with Gasteiger partial charge in [-0.05, 0) is 31.1 Å². The van der Waals surface area contributed by atoms with Crippen LogP contribution in [-0.4, -0.2) is 27.6 Å². The van der Waals surface area contributed by atoms with Crippen LogP contribution in [0.5, 0.6) is 0 Å². The summed E-state index contributed by atoms with van der Waals surface area (Å²) in [5, 5.41) is 3.64. The third-order valence-electron chi connectivity index (χ3n) is 2.90. The molecule has 110 valence electrons. The van der Waals surface area contributed by atoms with Gasteiger partial charge in [0.05, 0.1) is 6.04 Å². The van der Waals surface area contributed by atoms with Crippen LogP contribution in [0.15, 0.2) is 12.4 Å². The van der Waals surface area contributed by atoms with Crippen molar-refractivity contribution in [1.29, 1.82) is 0 Å². The highest BCUT2D eigenvalue weighted by Crippen LogP contribution is 2.19. The number of thioether (sulfide) groups is 1. The van der Waals surface area contributed by atoms with Gasteiger partial charge in [-0.1, -0.05) is 27.7 Å². The van der Waals surface area contributed by atoms with Crippen LogP contribution in [0.1, 0.15) is 52.4 Å². The lowest BCUT2D eigenvalue weighted by molar-refractivity contribution is 0.513. The first kappa shape index (κ1) is 16.6. The molecule has 19 heavy (non-hydrogen) atoms. The summed E-state index contributed by atoms with van der Waals surface area (Å²) in [6, 6.07) is 0.380. The fourth-order valence-electron chi connectivity index (χ4n) is 2.03. The normalized spacial score (nSPS) is 13.1. The van der Waals surface area contributed by atoms with E-state index >= 15 is 0 Å². The van der Waals surface area contributed by atoms with E-state index < -0.39 is 0 Å². The molecule has 0 aliphatic carbocycles. The SMILES string of the molecule is CCCNC(CSCC(C)C)c1nccn1CCC. The summed E-state index contributed by atoms with van der Waals surface area (Å²) in [6.07, 6.45) is 6.36. The lowest BCUT2D eigenvalue weighted by atomic mass is 10.3. The Kier molecular flexibility index (Phi) is 8.22. The second kappa shape index (κ2) is 9.43. The van der Waals surface area contributed by atoms with Gasteiger partial charge in [0.25, 0.3) is 0 Å². The monoisotopic (exact) mass is 283 g/mol. The number of nitrogens with one attached hydrogen (secondary N) is 1. The molecule has 4 heteroatoms. The number of hydrogen-bond donors (Lipinski definition) is 1. The fourth-order valence-corrected chi connectivity index (χ4v) is 3.14. The Morgan fingerprint density at radius 3 is 2.68 bits per heavy atom. The molecule has 0 saturated carbocycles. The highest BCUT2D eigenvalue weighted by molar-refractivity contribution is 7.99. The van der Waals surface area contributed by atoms with Gasteiger partial charge in [-0.15, -0.1) is 0 Å². The zero-order valence-electron chi connectivity index (χ0n) is 12.9. The van der Waals surface area contributed by atoms with E-state index in [2.05, 4.69) is 48.8 Å². The maximum absolute atomic E-state index is 4.57. The van der Waals surface area contributed by atoms with Crippen LogP contribution in [0.2, 0.25) is 0 Å². The van der Waals surface area contributed by atoms with E-state index in [4.69, 9.17) is 0 Å². The largest absolute Gasteiger partial charge is 0.334 e. The van der Waals surface area contributed by atoms with E-state index in [0.717, 1.165) is 31.2 Å². The first-order valence-electron chi connectivity index (χ1n) is 7.51. The molecule has 0 bridgehead atoms. The maximum Gasteiger partial charge on any atom is 0.126 e. The molecule has 0 amide bonds. The third kappa shape index (κ3) is 6.00. The zero-order valence-corrected chi connectivity index (χ0v) is 13.7. The molecule has 0 aromatic carbocycles. The van der Waals surface area contributed by atoms with Crippen molar-refractivity contribution in [3.05, 3.63) is 18.2 Å². The minimum absolute atomic E-state index is 0.380. The van der Waals surface area contributed by atoms with Crippen molar-refractivity contribution in [3.63, 3.8) is 0 Å². The lowest BCUT2D eigenvalue weighted by Gasteiger charge is -2.19. The zero-order chi connectivity index (χ0) is 14.1. The summed E-state index contributed by atoms with van der Waals surface area (Å²) in [5.41, 5.74) is 0. The molecule has 1 heterocycles. The predicted octanol–water partition coefficient (Wildman–Crippen LogP) is 3.72. The second-order valence-electron chi connectivity index (χ2n) is 5.42. The molecule has 1 N–H and O–H groups in total. The quantitative estimate of drug-likeness (QED) is 0.709. The first-order valence-corrected chi connectivity index (χ1v) is 8.66. The van der Waals surface area contributed by atoms with Gasteiger partial charge in [-0.3, -0.25) is 0 Å². The van der Waals surface area contributed by atoms with E-state index in [1.165, 1.54) is 18.0 Å². The molecule has 1 atom stereocenters. The summed E-state index contributed by atoms with van der Waals surface area (Å²) >= 11 is 2.03. The van der Waals surface area contributed by atoms with Gasteiger partial charge in [-0.2, -0.15) is 11.8 Å². The van der Waals surface area contributed by atoms with Gasteiger partial charge < -0.3 is 9.88 Å². The Hall–Kier alpha value is -0.480. The molecule has 0 aliphatic rings. The predicted molar refractivity (Wildman–Crippen MR) is 85.7 cm³/mol. The van der Waals surface area contributed by atoms with Crippen molar-refractivity contribution >= 4 is 11.8 Å². The average Bonchev–Trinajstić information content (AvgIpc) is 2.82. The number of aromatic nitrogens is 2. The molecule has 1 unspecified atom stereocenters. The second-order valence-corrected chi connectivity index (χ2v) is 6.49. The van der Waals surface area contributed by atoms with Crippen LogP contribution < -0.4 is 5.32 Å².